The highest BCUT2D eigenvalue weighted by Gasteiger charge is 2.20. The van der Waals surface area contributed by atoms with Crippen LogP contribution in [0, 0.1) is 6.92 Å². The van der Waals surface area contributed by atoms with E-state index in [-0.39, 0.29) is 0 Å². The Morgan fingerprint density at radius 3 is 2.61 bits per heavy atom. The highest BCUT2D eigenvalue weighted by molar-refractivity contribution is 6.58. The van der Waals surface area contributed by atoms with Gasteiger partial charge in [0.15, 0.2) is 5.82 Å². The van der Waals surface area contributed by atoms with Crippen molar-refractivity contribution in [1.29, 1.82) is 0 Å². The highest BCUT2D eigenvalue weighted by atomic mass is 16.5. The number of nitrogens with one attached hydrogen (secondary N) is 2. The van der Waals surface area contributed by atoms with Crippen LogP contribution in [0.15, 0.2) is 60.7 Å². The van der Waals surface area contributed by atoms with Gasteiger partial charge in [0.25, 0.3) is 5.91 Å². The number of benzene rings is 3. The average molecular weight is 510 g/mol. The van der Waals surface area contributed by atoms with Crippen LogP contribution in [0.25, 0.3) is 33.2 Å². The van der Waals surface area contributed by atoms with Gasteiger partial charge in [-0.05, 0) is 36.1 Å². The molecule has 5 rings (SSSR count). The number of carbonyl (C=O) groups is 1. The third-order valence-corrected chi connectivity index (χ3v) is 6.28. The van der Waals surface area contributed by atoms with E-state index in [4.69, 9.17) is 26.2 Å². The summed E-state index contributed by atoms with van der Waals surface area (Å²) in [5, 5.41) is 24.0. The quantitative estimate of drug-likeness (QED) is 0.163. The number of carbonyl (C=O) groups excluding carboxylic acids is 1. The third-order valence-electron chi connectivity index (χ3n) is 6.28. The number of hydrogen-bond acceptors (Lipinski definition) is 8. The van der Waals surface area contributed by atoms with Crippen molar-refractivity contribution in [2.75, 3.05) is 18.5 Å². The Labute approximate surface area is 218 Å². The Morgan fingerprint density at radius 1 is 1.08 bits per heavy atom. The number of amides is 1. The van der Waals surface area contributed by atoms with E-state index >= 15 is 0 Å². The van der Waals surface area contributed by atoms with E-state index in [0.29, 0.717) is 59.1 Å². The summed E-state index contributed by atoms with van der Waals surface area (Å²) in [7, 11) is -1.56. The summed E-state index contributed by atoms with van der Waals surface area (Å²) >= 11 is 0. The summed E-state index contributed by atoms with van der Waals surface area (Å²) in [6, 6.07) is 17.9. The van der Waals surface area contributed by atoms with Crippen molar-refractivity contribution in [2.45, 2.75) is 13.5 Å². The molecule has 1 amide bonds. The summed E-state index contributed by atoms with van der Waals surface area (Å²) in [5.41, 5.74) is 15.7. The second kappa shape index (κ2) is 10.5. The van der Waals surface area contributed by atoms with Crippen LogP contribution in [0.3, 0.4) is 0 Å². The maximum absolute atomic E-state index is 12.0. The molecule has 192 valence electrons. The first-order valence-corrected chi connectivity index (χ1v) is 12.1. The summed E-state index contributed by atoms with van der Waals surface area (Å²) in [4.78, 5) is 25.1. The van der Waals surface area contributed by atoms with Gasteiger partial charge in [-0.15, -0.1) is 0 Å². The second-order valence-electron chi connectivity index (χ2n) is 8.87. The molecule has 38 heavy (non-hydrogen) atoms. The molecule has 11 heteroatoms. The van der Waals surface area contributed by atoms with Gasteiger partial charge in [0.1, 0.15) is 23.7 Å². The number of anilines is 1. The van der Waals surface area contributed by atoms with Crippen molar-refractivity contribution in [2.24, 2.45) is 11.5 Å². The van der Waals surface area contributed by atoms with Crippen molar-refractivity contribution < 1.29 is 19.6 Å². The van der Waals surface area contributed by atoms with E-state index in [1.807, 2.05) is 37.3 Å². The van der Waals surface area contributed by atoms with Gasteiger partial charge in [-0.2, -0.15) is 0 Å². The minimum absolute atomic E-state index is 0.325. The molecule has 0 spiro atoms. The van der Waals surface area contributed by atoms with Crippen LogP contribution < -0.4 is 27.0 Å². The van der Waals surface area contributed by atoms with E-state index < -0.39 is 13.0 Å². The van der Waals surface area contributed by atoms with E-state index in [1.165, 1.54) is 0 Å². The number of rotatable bonds is 9. The monoisotopic (exact) mass is 510 g/mol. The summed E-state index contributed by atoms with van der Waals surface area (Å²) in [6.07, 6.45) is 0. The topological polar surface area (TPSA) is 172 Å². The number of aryl methyl sites for hydroxylation is 1. The lowest BCUT2D eigenvalue weighted by Gasteiger charge is -2.14. The van der Waals surface area contributed by atoms with Gasteiger partial charge in [-0.1, -0.05) is 42.5 Å². The largest absolute Gasteiger partial charge is 0.490 e. The first-order valence-electron chi connectivity index (χ1n) is 12.1. The molecule has 0 aliphatic heterocycles. The predicted octanol–water partition coefficient (Wildman–Crippen LogP) is 1.81. The van der Waals surface area contributed by atoms with Gasteiger partial charge in [0, 0.05) is 35.1 Å². The van der Waals surface area contributed by atoms with Gasteiger partial charge < -0.3 is 36.6 Å². The van der Waals surface area contributed by atoms with Crippen LogP contribution in [0.2, 0.25) is 0 Å². The zero-order chi connectivity index (χ0) is 26.8. The molecule has 2 heterocycles. The number of hydrogen-bond donors (Lipinski definition) is 6. The molecular formula is C27H27BN6O4. The SMILES string of the molecule is Cc1[nH]c2c(C(N)=O)cccc2c1-c1nc(NCc2cccc(B(O)O)c2)c2cccc(OCCN)c2n1. The van der Waals surface area contributed by atoms with Crippen molar-refractivity contribution in [1.82, 2.24) is 15.0 Å². The standard InChI is InChI=1S/C27H27BN6O4/c1-15-22(18-7-3-8-19(25(30)35)23(18)32-15)27-33-24-20(9-4-10-21(24)38-12-11-29)26(34-27)31-14-16-5-2-6-17(13-16)28(36)37/h2-10,13,32,36-37H,11-12,14,29H2,1H3,(H2,30,35)(H,31,33,34). The molecule has 8 N–H and O–H groups in total. The van der Waals surface area contributed by atoms with Gasteiger partial charge >= 0.3 is 7.12 Å². The molecule has 3 aromatic carbocycles. The molecule has 0 bridgehead atoms. The van der Waals surface area contributed by atoms with Crippen LogP contribution in [-0.2, 0) is 6.54 Å². The van der Waals surface area contributed by atoms with Crippen molar-refractivity contribution in [3.05, 3.63) is 77.5 Å². The fourth-order valence-electron chi connectivity index (χ4n) is 4.55. The minimum atomic E-state index is -1.56. The average Bonchev–Trinajstić information content (AvgIpc) is 3.26. The zero-order valence-corrected chi connectivity index (χ0v) is 20.7. The third kappa shape index (κ3) is 4.77. The number of aromatic nitrogens is 3. The van der Waals surface area contributed by atoms with Crippen molar-refractivity contribution in [3.63, 3.8) is 0 Å². The van der Waals surface area contributed by atoms with Gasteiger partial charge in [0.05, 0.1) is 11.1 Å². The van der Waals surface area contributed by atoms with E-state index in [1.54, 1.807) is 30.3 Å². The van der Waals surface area contributed by atoms with Gasteiger partial charge in [-0.25, -0.2) is 9.97 Å². The lowest BCUT2D eigenvalue weighted by atomic mass is 9.80. The zero-order valence-electron chi connectivity index (χ0n) is 20.7. The van der Waals surface area contributed by atoms with Crippen LogP contribution in [-0.4, -0.2) is 51.2 Å². The molecule has 0 unspecified atom stereocenters. The van der Waals surface area contributed by atoms with Crippen LogP contribution >= 0.6 is 0 Å². The Bertz CT molecular complexity index is 1650. The van der Waals surface area contributed by atoms with Crippen molar-refractivity contribution >= 4 is 46.1 Å². The van der Waals surface area contributed by atoms with Crippen LogP contribution in [0.4, 0.5) is 5.82 Å². The molecule has 0 saturated heterocycles. The Hall–Kier alpha value is -4.45. The fraction of sp³-hybridized carbons (Fsp3) is 0.148. The first-order chi connectivity index (χ1) is 18.4. The smallest absolute Gasteiger partial charge is 0.488 e. The number of H-pyrrole nitrogens is 1. The minimum Gasteiger partial charge on any atom is -0.490 e. The molecule has 5 aromatic rings. The number of fused-ring (bicyclic) bond motifs is 2. The van der Waals surface area contributed by atoms with E-state index in [9.17, 15) is 14.8 Å². The number of para-hydroxylation sites is 2. The number of aromatic amines is 1. The number of nitrogens with two attached hydrogens (primary N) is 2. The lowest BCUT2D eigenvalue weighted by Crippen LogP contribution is -2.30. The number of ether oxygens (including phenoxy) is 1. The maximum atomic E-state index is 12.0. The molecule has 0 atom stereocenters. The highest BCUT2D eigenvalue weighted by Crippen LogP contribution is 2.36. The molecule has 10 nitrogen and oxygen atoms in total. The lowest BCUT2D eigenvalue weighted by molar-refractivity contribution is 0.100. The predicted molar refractivity (Wildman–Crippen MR) is 148 cm³/mol. The molecule has 2 aromatic heterocycles. The van der Waals surface area contributed by atoms with E-state index in [2.05, 4.69) is 10.3 Å². The number of nitrogens with zero attached hydrogens (tertiary/aromatic N) is 2. The molecule has 0 aliphatic rings. The summed E-state index contributed by atoms with van der Waals surface area (Å²) < 4.78 is 5.90. The van der Waals surface area contributed by atoms with Crippen LogP contribution in [0.1, 0.15) is 21.6 Å². The van der Waals surface area contributed by atoms with Gasteiger partial charge in [-0.3, -0.25) is 4.79 Å². The number of primary amides is 1. The normalized spacial score (nSPS) is 11.2. The Morgan fingerprint density at radius 2 is 1.84 bits per heavy atom. The molecule has 0 radical (unpaired) electrons. The maximum Gasteiger partial charge on any atom is 0.488 e. The first kappa shape index (κ1) is 25.2. The van der Waals surface area contributed by atoms with Crippen molar-refractivity contribution in [3.8, 4) is 17.1 Å². The molecule has 0 fully saturated rings. The summed E-state index contributed by atoms with van der Waals surface area (Å²) in [6.45, 7) is 2.94. The van der Waals surface area contributed by atoms with Crippen LogP contribution in [0.5, 0.6) is 5.75 Å². The molecule has 0 saturated carbocycles. The molecular weight excluding hydrogens is 483 g/mol. The Kier molecular flexibility index (Phi) is 6.97. The van der Waals surface area contributed by atoms with E-state index in [0.717, 1.165) is 27.6 Å². The summed E-state index contributed by atoms with van der Waals surface area (Å²) in [5.74, 6) is 1.05. The fourth-order valence-corrected chi connectivity index (χ4v) is 4.55. The Balaban J connectivity index is 1.66. The molecule has 0 aliphatic carbocycles. The van der Waals surface area contributed by atoms with Gasteiger partial charge in [0.2, 0.25) is 0 Å². The second-order valence-corrected chi connectivity index (χ2v) is 8.87.